The summed E-state index contributed by atoms with van der Waals surface area (Å²) >= 11 is 0. The van der Waals surface area contributed by atoms with Gasteiger partial charge < -0.3 is 9.52 Å². The molecule has 2 heterocycles. The Hall–Kier alpha value is -2.32. The molecule has 0 bridgehead atoms. The third kappa shape index (κ3) is 2.78. The molecule has 0 saturated carbocycles. The SMILES string of the molecule is CCn1nc(C)c(S(=O)(=O)Nc2ccc3oc(CO)cc3c2)c1C. The van der Waals surface area contributed by atoms with Crippen LogP contribution in [0.4, 0.5) is 5.69 Å². The number of nitrogens with one attached hydrogen (secondary N) is 1. The molecule has 0 fully saturated rings. The molecule has 0 aliphatic carbocycles. The standard InChI is InChI=1S/C16H19N3O4S/c1-4-19-11(3)16(10(2)17-19)24(21,22)18-13-5-6-15-12(7-13)8-14(9-20)23-15/h5-8,18,20H,4,9H2,1-3H3. The second kappa shape index (κ2) is 5.95. The van der Waals surface area contributed by atoms with Crippen molar-refractivity contribution in [1.29, 1.82) is 0 Å². The van der Waals surface area contributed by atoms with Crippen LogP contribution in [-0.4, -0.2) is 23.3 Å². The van der Waals surface area contributed by atoms with Crippen LogP contribution in [0.15, 0.2) is 33.6 Å². The monoisotopic (exact) mass is 349 g/mol. The average Bonchev–Trinajstić information content (AvgIpc) is 3.06. The lowest BCUT2D eigenvalue weighted by Crippen LogP contribution is -2.15. The smallest absolute Gasteiger partial charge is 0.265 e. The predicted octanol–water partition coefficient (Wildman–Crippen LogP) is 2.56. The molecule has 0 radical (unpaired) electrons. The zero-order valence-corrected chi connectivity index (χ0v) is 14.5. The van der Waals surface area contributed by atoms with Crippen molar-refractivity contribution in [3.05, 3.63) is 41.4 Å². The number of hydrogen-bond acceptors (Lipinski definition) is 5. The van der Waals surface area contributed by atoms with Gasteiger partial charge in [0.15, 0.2) is 0 Å². The Morgan fingerprint density at radius 3 is 2.67 bits per heavy atom. The van der Waals surface area contributed by atoms with E-state index in [0.29, 0.717) is 35.0 Å². The van der Waals surface area contributed by atoms with E-state index in [9.17, 15) is 8.42 Å². The number of rotatable bonds is 5. The molecule has 0 unspecified atom stereocenters. The van der Waals surface area contributed by atoms with Crippen LogP contribution in [0, 0.1) is 13.8 Å². The van der Waals surface area contributed by atoms with Crippen LogP contribution in [0.1, 0.15) is 24.1 Å². The lowest BCUT2D eigenvalue weighted by Gasteiger charge is -2.08. The van der Waals surface area contributed by atoms with Crippen LogP contribution < -0.4 is 4.72 Å². The Labute approximate surface area is 140 Å². The van der Waals surface area contributed by atoms with Gasteiger partial charge in [-0.15, -0.1) is 0 Å². The summed E-state index contributed by atoms with van der Waals surface area (Å²) < 4.78 is 35.1. The van der Waals surface area contributed by atoms with Gasteiger partial charge in [-0.2, -0.15) is 5.10 Å². The highest BCUT2D eigenvalue weighted by atomic mass is 32.2. The van der Waals surface area contributed by atoms with Gasteiger partial charge in [0, 0.05) is 17.6 Å². The van der Waals surface area contributed by atoms with E-state index in [2.05, 4.69) is 9.82 Å². The van der Waals surface area contributed by atoms with Crippen LogP contribution >= 0.6 is 0 Å². The molecule has 2 N–H and O–H groups in total. The summed E-state index contributed by atoms with van der Waals surface area (Å²) in [7, 11) is -3.74. The highest BCUT2D eigenvalue weighted by molar-refractivity contribution is 7.92. The quantitative estimate of drug-likeness (QED) is 0.738. The largest absolute Gasteiger partial charge is 0.459 e. The summed E-state index contributed by atoms with van der Waals surface area (Å²) in [6, 6.07) is 6.64. The zero-order valence-electron chi connectivity index (χ0n) is 13.7. The zero-order chi connectivity index (χ0) is 17.5. The number of furan rings is 1. The molecular formula is C16H19N3O4S. The fraction of sp³-hybridized carbons (Fsp3) is 0.312. The van der Waals surface area contributed by atoms with E-state index in [1.165, 1.54) is 0 Å². The van der Waals surface area contributed by atoms with Gasteiger partial charge in [-0.1, -0.05) is 0 Å². The van der Waals surface area contributed by atoms with Crippen molar-refractivity contribution in [3.8, 4) is 0 Å². The van der Waals surface area contributed by atoms with Gasteiger partial charge in [0.2, 0.25) is 0 Å². The van der Waals surface area contributed by atoms with Gasteiger partial charge in [0.25, 0.3) is 10.0 Å². The van der Waals surface area contributed by atoms with Gasteiger partial charge in [-0.25, -0.2) is 8.42 Å². The van der Waals surface area contributed by atoms with E-state index in [0.717, 1.165) is 5.39 Å². The molecule has 1 aromatic carbocycles. The summed E-state index contributed by atoms with van der Waals surface area (Å²) in [6.07, 6.45) is 0. The van der Waals surface area contributed by atoms with Crippen LogP contribution in [0.3, 0.4) is 0 Å². The normalized spacial score (nSPS) is 12.0. The first kappa shape index (κ1) is 16.5. The first-order valence-electron chi connectivity index (χ1n) is 7.56. The maximum Gasteiger partial charge on any atom is 0.265 e. The minimum absolute atomic E-state index is 0.202. The topological polar surface area (TPSA) is 97.4 Å². The number of anilines is 1. The van der Waals surface area contributed by atoms with E-state index < -0.39 is 10.0 Å². The molecule has 2 aromatic heterocycles. The fourth-order valence-corrected chi connectivity index (χ4v) is 4.29. The fourth-order valence-electron chi connectivity index (χ4n) is 2.82. The maximum absolute atomic E-state index is 12.7. The minimum Gasteiger partial charge on any atom is -0.459 e. The summed E-state index contributed by atoms with van der Waals surface area (Å²) in [5.74, 6) is 0.431. The first-order valence-corrected chi connectivity index (χ1v) is 9.04. The molecule has 0 saturated heterocycles. The van der Waals surface area contributed by atoms with Gasteiger partial charge >= 0.3 is 0 Å². The minimum atomic E-state index is -3.74. The van der Waals surface area contributed by atoms with Crippen LogP contribution in [0.25, 0.3) is 11.0 Å². The Morgan fingerprint density at radius 2 is 2.04 bits per heavy atom. The van der Waals surface area contributed by atoms with Crippen LogP contribution in [0.5, 0.6) is 0 Å². The highest BCUT2D eigenvalue weighted by Crippen LogP contribution is 2.26. The Balaban J connectivity index is 1.99. The molecule has 8 heteroatoms. The van der Waals surface area contributed by atoms with Gasteiger partial charge in [-0.05, 0) is 45.0 Å². The second-order valence-electron chi connectivity index (χ2n) is 5.54. The Morgan fingerprint density at radius 1 is 1.29 bits per heavy atom. The van der Waals surface area contributed by atoms with Crippen LogP contribution in [0.2, 0.25) is 0 Å². The van der Waals surface area contributed by atoms with Crippen molar-refractivity contribution in [2.45, 2.75) is 38.8 Å². The average molecular weight is 349 g/mol. The van der Waals surface area contributed by atoms with Gasteiger partial charge in [0.1, 0.15) is 22.8 Å². The van der Waals surface area contributed by atoms with Crippen molar-refractivity contribution < 1.29 is 17.9 Å². The lowest BCUT2D eigenvalue weighted by molar-refractivity contribution is 0.251. The molecule has 0 aliphatic rings. The maximum atomic E-state index is 12.7. The number of aliphatic hydroxyl groups is 1. The molecule has 128 valence electrons. The van der Waals surface area contributed by atoms with E-state index in [1.807, 2.05) is 6.92 Å². The number of aryl methyl sites for hydroxylation is 2. The third-order valence-electron chi connectivity index (χ3n) is 3.86. The van der Waals surface area contributed by atoms with E-state index in [-0.39, 0.29) is 11.5 Å². The van der Waals surface area contributed by atoms with E-state index in [1.54, 1.807) is 42.8 Å². The summed E-state index contributed by atoms with van der Waals surface area (Å²) in [4.78, 5) is 0.202. The second-order valence-corrected chi connectivity index (χ2v) is 7.16. The number of fused-ring (bicyclic) bond motifs is 1. The molecule has 24 heavy (non-hydrogen) atoms. The summed E-state index contributed by atoms with van der Waals surface area (Å²) in [6.45, 7) is 5.73. The van der Waals surface area contributed by atoms with Crippen molar-refractivity contribution in [2.24, 2.45) is 0 Å². The number of sulfonamides is 1. The molecule has 3 rings (SSSR count). The number of nitrogens with zero attached hydrogens (tertiary/aromatic N) is 2. The molecule has 0 atom stereocenters. The predicted molar refractivity (Wildman–Crippen MR) is 90.3 cm³/mol. The van der Waals surface area contributed by atoms with Crippen molar-refractivity contribution in [2.75, 3.05) is 4.72 Å². The van der Waals surface area contributed by atoms with Crippen LogP contribution in [-0.2, 0) is 23.2 Å². The molecule has 0 amide bonds. The molecule has 0 spiro atoms. The molecule has 7 nitrogen and oxygen atoms in total. The van der Waals surface area contributed by atoms with Crippen molar-refractivity contribution >= 4 is 26.7 Å². The number of hydrogen-bond donors (Lipinski definition) is 2. The molecule has 0 aliphatic heterocycles. The molecular weight excluding hydrogens is 330 g/mol. The molecule has 3 aromatic rings. The van der Waals surface area contributed by atoms with E-state index >= 15 is 0 Å². The lowest BCUT2D eigenvalue weighted by atomic mass is 10.2. The van der Waals surface area contributed by atoms with E-state index in [4.69, 9.17) is 9.52 Å². The third-order valence-corrected chi connectivity index (χ3v) is 5.49. The number of aliphatic hydroxyl groups excluding tert-OH is 1. The van der Waals surface area contributed by atoms with Gasteiger partial charge in [-0.3, -0.25) is 9.40 Å². The summed E-state index contributed by atoms with van der Waals surface area (Å²) in [5.41, 5.74) is 2.09. The first-order chi connectivity index (χ1) is 11.4. The number of benzene rings is 1. The van der Waals surface area contributed by atoms with Gasteiger partial charge in [0.05, 0.1) is 11.4 Å². The summed E-state index contributed by atoms with van der Waals surface area (Å²) in [5, 5.41) is 14.1. The van der Waals surface area contributed by atoms with Crippen molar-refractivity contribution in [1.82, 2.24) is 9.78 Å². The number of aromatic nitrogens is 2. The Kier molecular flexibility index (Phi) is 4.10. The Bertz CT molecular complexity index is 1000. The van der Waals surface area contributed by atoms with Crippen molar-refractivity contribution in [3.63, 3.8) is 0 Å². The highest BCUT2D eigenvalue weighted by Gasteiger charge is 2.24.